The highest BCUT2D eigenvalue weighted by atomic mass is 32.2. The SMILES string of the molecule is COc1ccc(NC(=O)CC[C@H](NC(=O)[C@@H]2CCCN2S(=O)(=O)c2ccc(C)cc2)C(=O)O)cc1. The number of rotatable bonds is 10. The highest BCUT2D eigenvalue weighted by Crippen LogP contribution is 2.26. The van der Waals surface area contributed by atoms with E-state index in [-0.39, 0.29) is 30.7 Å². The summed E-state index contributed by atoms with van der Waals surface area (Å²) in [6.07, 6.45) is 0.451. The van der Waals surface area contributed by atoms with Crippen LogP contribution in [0.5, 0.6) is 5.75 Å². The van der Waals surface area contributed by atoms with Crippen molar-refractivity contribution in [3.63, 3.8) is 0 Å². The van der Waals surface area contributed by atoms with Crippen molar-refractivity contribution in [1.29, 1.82) is 0 Å². The molecule has 10 nitrogen and oxygen atoms in total. The van der Waals surface area contributed by atoms with Crippen LogP contribution in [0.2, 0.25) is 0 Å². The van der Waals surface area contributed by atoms with Gasteiger partial charge in [0.05, 0.1) is 12.0 Å². The summed E-state index contributed by atoms with van der Waals surface area (Å²) in [6, 6.07) is 10.6. The van der Waals surface area contributed by atoms with Crippen molar-refractivity contribution in [3.8, 4) is 5.75 Å². The number of carbonyl (C=O) groups excluding carboxylic acids is 2. The number of nitrogens with one attached hydrogen (secondary N) is 2. The molecular formula is C24H29N3O7S. The minimum atomic E-state index is -3.92. The summed E-state index contributed by atoms with van der Waals surface area (Å²) in [5.41, 5.74) is 1.43. The van der Waals surface area contributed by atoms with Gasteiger partial charge in [0.25, 0.3) is 0 Å². The van der Waals surface area contributed by atoms with Gasteiger partial charge in [0.2, 0.25) is 21.8 Å². The topological polar surface area (TPSA) is 142 Å². The molecule has 3 N–H and O–H groups in total. The number of sulfonamides is 1. The maximum absolute atomic E-state index is 13.1. The number of aliphatic carboxylic acids is 1. The lowest BCUT2D eigenvalue weighted by Gasteiger charge is -2.25. The second-order valence-electron chi connectivity index (χ2n) is 8.30. The lowest BCUT2D eigenvalue weighted by atomic mass is 10.1. The number of carbonyl (C=O) groups is 3. The molecule has 0 spiro atoms. The highest BCUT2D eigenvalue weighted by molar-refractivity contribution is 7.89. The van der Waals surface area contributed by atoms with E-state index in [4.69, 9.17) is 4.74 Å². The Morgan fingerprint density at radius 3 is 2.37 bits per heavy atom. The molecule has 1 saturated heterocycles. The van der Waals surface area contributed by atoms with E-state index < -0.39 is 39.9 Å². The summed E-state index contributed by atoms with van der Waals surface area (Å²) in [4.78, 5) is 37.0. The quantitative estimate of drug-likeness (QED) is 0.451. The van der Waals surface area contributed by atoms with Gasteiger partial charge < -0.3 is 20.5 Å². The number of ether oxygens (including phenoxy) is 1. The molecular weight excluding hydrogens is 474 g/mol. The third kappa shape index (κ3) is 6.58. The summed E-state index contributed by atoms with van der Waals surface area (Å²) in [7, 11) is -2.39. The third-order valence-corrected chi connectivity index (χ3v) is 7.70. The van der Waals surface area contributed by atoms with Crippen molar-refractivity contribution in [1.82, 2.24) is 9.62 Å². The van der Waals surface area contributed by atoms with Crippen LogP contribution in [0.15, 0.2) is 53.4 Å². The zero-order valence-corrected chi connectivity index (χ0v) is 20.4. The van der Waals surface area contributed by atoms with Crippen molar-refractivity contribution in [2.75, 3.05) is 19.0 Å². The fraction of sp³-hybridized carbons (Fsp3) is 0.375. The normalized spacial score (nSPS) is 16.9. The maximum atomic E-state index is 13.1. The van der Waals surface area contributed by atoms with Crippen LogP contribution in [0.1, 0.15) is 31.2 Å². The first-order chi connectivity index (χ1) is 16.6. The van der Waals surface area contributed by atoms with Crippen LogP contribution in [-0.2, 0) is 24.4 Å². The van der Waals surface area contributed by atoms with Crippen molar-refractivity contribution >= 4 is 33.5 Å². The van der Waals surface area contributed by atoms with E-state index in [1.54, 1.807) is 36.4 Å². The van der Waals surface area contributed by atoms with Crippen LogP contribution in [-0.4, -0.2) is 61.4 Å². The maximum Gasteiger partial charge on any atom is 0.326 e. The number of amides is 2. The second kappa shape index (κ2) is 11.3. The number of carboxylic acids is 1. The molecule has 0 saturated carbocycles. The number of aryl methyl sites for hydroxylation is 1. The Hall–Kier alpha value is -3.44. The molecule has 0 unspecified atom stereocenters. The van der Waals surface area contributed by atoms with E-state index in [1.165, 1.54) is 19.2 Å². The van der Waals surface area contributed by atoms with Gasteiger partial charge in [0.1, 0.15) is 17.8 Å². The van der Waals surface area contributed by atoms with Crippen LogP contribution in [0.25, 0.3) is 0 Å². The molecule has 3 rings (SSSR count). The van der Waals surface area contributed by atoms with E-state index in [9.17, 15) is 27.9 Å². The predicted molar refractivity (Wildman–Crippen MR) is 129 cm³/mol. The van der Waals surface area contributed by atoms with Gasteiger partial charge in [-0.25, -0.2) is 13.2 Å². The Kier molecular flexibility index (Phi) is 8.47. The monoisotopic (exact) mass is 503 g/mol. The molecule has 1 fully saturated rings. The first kappa shape index (κ1) is 26.2. The fourth-order valence-corrected chi connectivity index (χ4v) is 5.49. The average molecular weight is 504 g/mol. The number of benzene rings is 2. The summed E-state index contributed by atoms with van der Waals surface area (Å²) >= 11 is 0. The van der Waals surface area contributed by atoms with Gasteiger partial charge >= 0.3 is 5.97 Å². The number of carboxylic acid groups (broad SMARTS) is 1. The molecule has 1 aliphatic heterocycles. The molecule has 11 heteroatoms. The lowest BCUT2D eigenvalue weighted by molar-refractivity contribution is -0.142. The van der Waals surface area contributed by atoms with Gasteiger partial charge in [-0.05, 0) is 62.6 Å². The van der Waals surface area contributed by atoms with E-state index in [0.29, 0.717) is 17.9 Å². The molecule has 2 aromatic rings. The molecule has 0 bridgehead atoms. The number of nitrogens with zero attached hydrogens (tertiary/aromatic N) is 1. The molecule has 2 aromatic carbocycles. The standard InChI is InChI=1S/C24H29N3O7S/c1-16-5-11-19(12-6-16)35(32,33)27-15-3-4-21(27)23(29)26-20(24(30)31)13-14-22(28)25-17-7-9-18(34-2)10-8-17/h5-12,20-21H,3-4,13-15H2,1-2H3,(H,25,28)(H,26,29)(H,30,31)/t20-,21-/m0/s1. The lowest BCUT2D eigenvalue weighted by Crippen LogP contribution is -2.50. The molecule has 0 radical (unpaired) electrons. The van der Waals surface area contributed by atoms with Crippen molar-refractivity contribution in [2.45, 2.75) is 49.6 Å². The number of anilines is 1. The summed E-state index contributed by atoms with van der Waals surface area (Å²) in [6.45, 7) is 2.00. The summed E-state index contributed by atoms with van der Waals surface area (Å²) < 4.78 is 32.3. The molecule has 2 amide bonds. The zero-order valence-electron chi connectivity index (χ0n) is 19.6. The van der Waals surface area contributed by atoms with Gasteiger partial charge in [0.15, 0.2) is 0 Å². The first-order valence-electron chi connectivity index (χ1n) is 11.2. The molecule has 2 atom stereocenters. The number of hydrogen-bond acceptors (Lipinski definition) is 6. The minimum Gasteiger partial charge on any atom is -0.497 e. The van der Waals surface area contributed by atoms with E-state index >= 15 is 0 Å². The molecule has 1 heterocycles. The Balaban J connectivity index is 1.61. The van der Waals surface area contributed by atoms with Gasteiger partial charge in [-0.1, -0.05) is 17.7 Å². The molecule has 0 aliphatic carbocycles. The predicted octanol–water partition coefficient (Wildman–Crippen LogP) is 2.15. The largest absolute Gasteiger partial charge is 0.497 e. The van der Waals surface area contributed by atoms with Crippen LogP contribution >= 0.6 is 0 Å². The average Bonchev–Trinajstić information content (AvgIpc) is 3.33. The molecule has 0 aromatic heterocycles. The van der Waals surface area contributed by atoms with Crippen LogP contribution in [0.3, 0.4) is 0 Å². The summed E-state index contributed by atoms with van der Waals surface area (Å²) in [5.74, 6) is -1.79. The van der Waals surface area contributed by atoms with Crippen molar-refractivity contribution < 1.29 is 32.6 Å². The Labute approximate surface area is 204 Å². The number of hydrogen-bond donors (Lipinski definition) is 3. The third-order valence-electron chi connectivity index (χ3n) is 5.78. The van der Waals surface area contributed by atoms with Crippen molar-refractivity contribution in [3.05, 3.63) is 54.1 Å². The highest BCUT2D eigenvalue weighted by Gasteiger charge is 2.40. The van der Waals surface area contributed by atoms with Crippen LogP contribution < -0.4 is 15.4 Å². The zero-order chi connectivity index (χ0) is 25.6. The molecule has 188 valence electrons. The summed E-state index contributed by atoms with van der Waals surface area (Å²) in [5, 5.41) is 14.6. The van der Waals surface area contributed by atoms with Crippen molar-refractivity contribution in [2.24, 2.45) is 0 Å². The van der Waals surface area contributed by atoms with Crippen LogP contribution in [0.4, 0.5) is 5.69 Å². The van der Waals surface area contributed by atoms with Gasteiger partial charge in [-0.15, -0.1) is 0 Å². The number of methoxy groups -OCH3 is 1. The van der Waals surface area contributed by atoms with E-state index in [1.807, 2.05) is 6.92 Å². The second-order valence-corrected chi connectivity index (χ2v) is 10.2. The minimum absolute atomic E-state index is 0.0767. The fourth-order valence-electron chi connectivity index (χ4n) is 3.83. The van der Waals surface area contributed by atoms with Gasteiger partial charge in [-0.3, -0.25) is 9.59 Å². The van der Waals surface area contributed by atoms with Gasteiger partial charge in [-0.2, -0.15) is 4.31 Å². The molecule has 1 aliphatic rings. The van der Waals surface area contributed by atoms with E-state index in [2.05, 4.69) is 10.6 Å². The first-order valence-corrected chi connectivity index (χ1v) is 12.6. The Bertz CT molecular complexity index is 1160. The Morgan fingerprint density at radius 2 is 1.77 bits per heavy atom. The van der Waals surface area contributed by atoms with Gasteiger partial charge in [0, 0.05) is 18.7 Å². The van der Waals surface area contributed by atoms with Crippen LogP contribution in [0, 0.1) is 6.92 Å². The van der Waals surface area contributed by atoms with E-state index in [0.717, 1.165) is 9.87 Å². The molecule has 35 heavy (non-hydrogen) atoms. The smallest absolute Gasteiger partial charge is 0.326 e. The Morgan fingerprint density at radius 1 is 1.11 bits per heavy atom.